The van der Waals surface area contributed by atoms with E-state index in [2.05, 4.69) is 221 Å². The van der Waals surface area contributed by atoms with Crippen molar-refractivity contribution in [3.05, 3.63) is 221 Å². The SMILES string of the molecule is CC1C=c2ccccc2=CC1c1nc(-c2ccc3ccccc3c2)nc(-c2cc3cc(-c4nc(-c5ccc6c(c5)CCC=C6)nc(-c5ccc6ccccc6c5)n4)c4cccc5c4c3c3c(cccc23)C5(C)C)n1. The maximum Gasteiger partial charge on any atom is 0.164 e. The molecule has 0 aliphatic heterocycles. The van der Waals surface area contributed by atoms with Gasteiger partial charge in [0.05, 0.1) is 0 Å². The fourth-order valence-corrected chi connectivity index (χ4v) is 12.3. The van der Waals surface area contributed by atoms with Crippen molar-refractivity contribution in [1.82, 2.24) is 29.9 Å². The van der Waals surface area contributed by atoms with E-state index in [0.717, 1.165) is 73.4 Å². The Bertz CT molecular complexity index is 4570. The van der Waals surface area contributed by atoms with E-state index in [0.29, 0.717) is 29.1 Å². The van der Waals surface area contributed by atoms with Crippen LogP contribution < -0.4 is 10.4 Å². The quantitative estimate of drug-likeness (QED) is 0.155. The zero-order chi connectivity index (χ0) is 49.2. The van der Waals surface area contributed by atoms with E-state index in [-0.39, 0.29) is 17.3 Å². The second-order valence-electron chi connectivity index (χ2n) is 21.0. The molecule has 0 saturated heterocycles. The number of aromatic nitrogens is 6. The van der Waals surface area contributed by atoms with Gasteiger partial charge in [-0.1, -0.05) is 191 Å². The largest absolute Gasteiger partial charge is 0.212 e. The highest BCUT2D eigenvalue weighted by molar-refractivity contribution is 6.29. The third kappa shape index (κ3) is 6.71. The molecule has 15 rings (SSSR count). The van der Waals surface area contributed by atoms with E-state index < -0.39 is 0 Å². The number of hydrogen-bond acceptors (Lipinski definition) is 6. The van der Waals surface area contributed by atoms with Crippen molar-refractivity contribution in [3.8, 4) is 56.9 Å². The summed E-state index contributed by atoms with van der Waals surface area (Å²) in [6.07, 6.45) is 11.2. The number of benzene rings is 10. The molecule has 0 amide bonds. The molecular weight excluding hydrogens is 901 g/mol. The first-order valence-corrected chi connectivity index (χ1v) is 25.8. The third-order valence-electron chi connectivity index (χ3n) is 16.2. The van der Waals surface area contributed by atoms with Gasteiger partial charge < -0.3 is 0 Å². The molecule has 2 aromatic heterocycles. The van der Waals surface area contributed by atoms with Gasteiger partial charge in [-0.3, -0.25) is 0 Å². The number of hydrogen-bond donors (Lipinski definition) is 0. The van der Waals surface area contributed by atoms with Crippen LogP contribution in [0.15, 0.2) is 182 Å². The average Bonchev–Trinajstić information content (AvgIpc) is 3.55. The van der Waals surface area contributed by atoms with Gasteiger partial charge in [-0.05, 0) is 136 Å². The first-order valence-electron chi connectivity index (χ1n) is 25.8. The van der Waals surface area contributed by atoms with Crippen LogP contribution in [-0.4, -0.2) is 29.9 Å². The van der Waals surface area contributed by atoms with Gasteiger partial charge in [0.15, 0.2) is 29.1 Å². The molecule has 10 aromatic carbocycles. The minimum Gasteiger partial charge on any atom is -0.212 e. The standard InChI is InChI=1S/C68H48N6/c1-39-32-43-17-10-11-21-47(43)36-54(39)65-70-64(50-31-28-42-16-6-9-20-46(42)35-50)73-67(74-65)56-38-51-37-55(52-22-12-24-57-60(52)59(51)61-53(56)23-13-25-58(61)68(57,2)3)66-71-62(48-29-26-40-14-4-7-18-44(40)33-48)69-63(72-66)49-30-27-41-15-5-8-19-45(41)34-49/h4-7,9-18,20-39,54H,8,19H2,1-3H3. The summed E-state index contributed by atoms with van der Waals surface area (Å²) in [6, 6.07) is 63.4. The van der Waals surface area contributed by atoms with E-state index in [1.54, 1.807) is 0 Å². The van der Waals surface area contributed by atoms with Crippen molar-refractivity contribution in [2.75, 3.05) is 0 Å². The predicted molar refractivity (Wildman–Crippen MR) is 304 cm³/mol. The van der Waals surface area contributed by atoms with Gasteiger partial charge in [0.1, 0.15) is 5.82 Å². The number of fused-ring (bicyclic) bond motifs is 4. The van der Waals surface area contributed by atoms with Crippen LogP contribution in [0.4, 0.5) is 0 Å². The molecule has 2 unspecified atom stereocenters. The maximum atomic E-state index is 5.55. The van der Waals surface area contributed by atoms with Crippen LogP contribution in [0.3, 0.4) is 0 Å². The fourth-order valence-electron chi connectivity index (χ4n) is 12.3. The normalized spacial score (nSPS) is 16.2. The minimum absolute atomic E-state index is 0.0644. The van der Waals surface area contributed by atoms with Crippen LogP contribution in [0.5, 0.6) is 0 Å². The highest BCUT2D eigenvalue weighted by Gasteiger charge is 2.35. The molecule has 0 spiro atoms. The fraction of sp³-hybridized carbons (Fsp3) is 0.118. The maximum absolute atomic E-state index is 5.55. The monoisotopic (exact) mass is 948 g/mol. The summed E-state index contributed by atoms with van der Waals surface area (Å²) in [7, 11) is 0. The number of allylic oxidation sites excluding steroid dienone is 1. The molecule has 0 N–H and O–H groups in total. The minimum atomic E-state index is -0.343. The highest BCUT2D eigenvalue weighted by Crippen LogP contribution is 2.52. The van der Waals surface area contributed by atoms with Crippen LogP contribution in [0.1, 0.15) is 61.2 Å². The molecule has 0 saturated carbocycles. The third-order valence-corrected chi connectivity index (χ3v) is 16.2. The Hall–Kier alpha value is -9.00. The molecule has 3 aliphatic carbocycles. The number of rotatable bonds is 6. The zero-order valence-corrected chi connectivity index (χ0v) is 41.3. The van der Waals surface area contributed by atoms with E-state index >= 15 is 0 Å². The number of nitrogens with zero attached hydrogens (tertiary/aromatic N) is 6. The summed E-state index contributed by atoms with van der Waals surface area (Å²) in [5.41, 5.74) is 9.57. The van der Waals surface area contributed by atoms with Gasteiger partial charge in [0, 0.05) is 39.2 Å². The van der Waals surface area contributed by atoms with Crippen LogP contribution in [0.2, 0.25) is 0 Å². The summed E-state index contributed by atoms with van der Waals surface area (Å²) < 4.78 is 0. The Morgan fingerprint density at radius 3 is 1.58 bits per heavy atom. The molecule has 12 aromatic rings. The molecule has 6 nitrogen and oxygen atoms in total. The lowest BCUT2D eigenvalue weighted by atomic mass is 9.68. The van der Waals surface area contributed by atoms with E-state index in [1.165, 1.54) is 59.6 Å². The molecule has 3 aliphatic rings. The second kappa shape index (κ2) is 16.3. The molecule has 350 valence electrons. The van der Waals surface area contributed by atoms with Gasteiger partial charge in [-0.15, -0.1) is 0 Å². The Morgan fingerprint density at radius 2 is 0.946 bits per heavy atom. The van der Waals surface area contributed by atoms with Crippen molar-refractivity contribution in [1.29, 1.82) is 0 Å². The van der Waals surface area contributed by atoms with Crippen LogP contribution in [-0.2, 0) is 11.8 Å². The second-order valence-corrected chi connectivity index (χ2v) is 21.0. The van der Waals surface area contributed by atoms with E-state index in [1.807, 2.05) is 0 Å². The summed E-state index contributed by atoms with van der Waals surface area (Å²) in [4.78, 5) is 32.6. The van der Waals surface area contributed by atoms with Crippen molar-refractivity contribution in [3.63, 3.8) is 0 Å². The van der Waals surface area contributed by atoms with Gasteiger partial charge in [0.25, 0.3) is 0 Å². The summed E-state index contributed by atoms with van der Waals surface area (Å²) in [6.45, 7) is 7.00. The van der Waals surface area contributed by atoms with E-state index in [4.69, 9.17) is 29.9 Å². The van der Waals surface area contributed by atoms with Gasteiger partial charge in [-0.25, -0.2) is 29.9 Å². The van der Waals surface area contributed by atoms with Crippen molar-refractivity contribution in [2.45, 2.75) is 44.9 Å². The number of aryl methyl sites for hydroxylation is 1. The summed E-state index contributed by atoms with van der Waals surface area (Å²) >= 11 is 0. The lowest BCUT2D eigenvalue weighted by Crippen LogP contribution is -2.31. The van der Waals surface area contributed by atoms with Crippen molar-refractivity contribution < 1.29 is 0 Å². The van der Waals surface area contributed by atoms with Gasteiger partial charge in [0.2, 0.25) is 0 Å². The summed E-state index contributed by atoms with van der Waals surface area (Å²) in [5, 5.41) is 14.0. The molecule has 0 bridgehead atoms. The smallest absolute Gasteiger partial charge is 0.164 e. The molecule has 0 radical (unpaired) electrons. The molecule has 2 atom stereocenters. The molecular formula is C68H48N6. The predicted octanol–water partition coefficient (Wildman–Crippen LogP) is 14.8. The van der Waals surface area contributed by atoms with Crippen LogP contribution in [0, 0.1) is 5.92 Å². The Labute approximate surface area is 428 Å². The molecule has 2 heterocycles. The van der Waals surface area contributed by atoms with Crippen molar-refractivity contribution in [2.24, 2.45) is 5.92 Å². The molecule has 6 heteroatoms. The highest BCUT2D eigenvalue weighted by atomic mass is 15.0. The van der Waals surface area contributed by atoms with Crippen LogP contribution >= 0.6 is 0 Å². The molecule has 0 fully saturated rings. The lowest BCUT2D eigenvalue weighted by Gasteiger charge is -2.34. The molecule has 74 heavy (non-hydrogen) atoms. The topological polar surface area (TPSA) is 77.3 Å². The van der Waals surface area contributed by atoms with Gasteiger partial charge >= 0.3 is 0 Å². The Kier molecular flexibility index (Phi) is 9.37. The average molecular weight is 949 g/mol. The van der Waals surface area contributed by atoms with Crippen molar-refractivity contribution >= 4 is 72.1 Å². The van der Waals surface area contributed by atoms with E-state index in [9.17, 15) is 0 Å². The Balaban J connectivity index is 1.01. The first kappa shape index (κ1) is 42.7. The Morgan fingerprint density at radius 1 is 0.432 bits per heavy atom. The van der Waals surface area contributed by atoms with Crippen LogP contribution in [0.25, 0.3) is 129 Å². The first-order chi connectivity index (χ1) is 36.3. The van der Waals surface area contributed by atoms with Gasteiger partial charge in [-0.2, -0.15) is 0 Å². The lowest BCUT2D eigenvalue weighted by molar-refractivity contribution is 0.651. The zero-order valence-electron chi connectivity index (χ0n) is 41.3. The summed E-state index contributed by atoms with van der Waals surface area (Å²) in [5.74, 6) is 4.08.